The molecule has 4 aromatic rings. The first-order valence-corrected chi connectivity index (χ1v) is 11.8. The number of thiazole rings is 1. The van der Waals surface area contributed by atoms with Gasteiger partial charge in [-0.05, 0) is 49.4 Å². The zero-order valence-corrected chi connectivity index (χ0v) is 20.2. The van der Waals surface area contributed by atoms with Gasteiger partial charge in [0.25, 0.3) is 11.8 Å². The van der Waals surface area contributed by atoms with E-state index in [9.17, 15) is 18.4 Å². The molecule has 0 spiro atoms. The molecule has 1 aliphatic heterocycles. The molecule has 1 unspecified atom stereocenters. The lowest BCUT2D eigenvalue weighted by Crippen LogP contribution is -2.21. The summed E-state index contributed by atoms with van der Waals surface area (Å²) in [6, 6.07) is 7.94. The topological polar surface area (TPSA) is 84.0 Å². The quantitative estimate of drug-likeness (QED) is 0.329. The third kappa shape index (κ3) is 4.50. The summed E-state index contributed by atoms with van der Waals surface area (Å²) in [7, 11) is 0. The van der Waals surface area contributed by atoms with E-state index in [-0.39, 0.29) is 27.0 Å². The molecule has 0 aliphatic carbocycles. The smallest absolute Gasteiger partial charge is 0.271 e. The average Bonchev–Trinajstić information content (AvgIpc) is 3.38. The van der Waals surface area contributed by atoms with Crippen molar-refractivity contribution in [2.24, 2.45) is 0 Å². The number of benzene rings is 2. The van der Waals surface area contributed by atoms with Crippen LogP contribution in [0.4, 0.5) is 14.5 Å². The molecule has 2 aromatic carbocycles. The number of amides is 2. The lowest BCUT2D eigenvalue weighted by atomic mass is 9.98. The van der Waals surface area contributed by atoms with E-state index >= 15 is 0 Å². The van der Waals surface area contributed by atoms with Crippen LogP contribution in [-0.2, 0) is 0 Å². The Morgan fingerprint density at radius 2 is 1.91 bits per heavy atom. The third-order valence-corrected chi connectivity index (χ3v) is 6.85. The van der Waals surface area contributed by atoms with Gasteiger partial charge in [0.1, 0.15) is 17.3 Å². The first-order chi connectivity index (χ1) is 16.7. The van der Waals surface area contributed by atoms with Crippen molar-refractivity contribution in [2.45, 2.75) is 13.0 Å². The molecule has 0 saturated carbocycles. The van der Waals surface area contributed by atoms with Crippen molar-refractivity contribution in [3.05, 3.63) is 97.7 Å². The van der Waals surface area contributed by atoms with Crippen molar-refractivity contribution in [3.8, 4) is 10.6 Å². The normalized spacial score (nSPS) is 14.5. The Labute approximate surface area is 211 Å². The number of fused-ring (bicyclic) bond motifs is 1. The van der Waals surface area contributed by atoms with Crippen LogP contribution >= 0.6 is 34.5 Å². The first kappa shape index (κ1) is 23.3. The highest BCUT2D eigenvalue weighted by molar-refractivity contribution is 7.15. The molecule has 0 fully saturated rings. The number of nitrogens with zero attached hydrogens (tertiary/aromatic N) is 2. The number of hydrogen-bond acceptors (Lipinski definition) is 5. The number of rotatable bonds is 4. The van der Waals surface area contributed by atoms with Gasteiger partial charge in [0.2, 0.25) is 0 Å². The van der Waals surface area contributed by atoms with Gasteiger partial charge in [-0.15, -0.1) is 11.3 Å². The number of aryl methyl sites for hydroxylation is 1. The monoisotopic (exact) mass is 530 g/mol. The summed E-state index contributed by atoms with van der Waals surface area (Å²) in [6.45, 7) is 1.83. The molecule has 2 N–H and O–H groups in total. The Morgan fingerprint density at radius 1 is 1.11 bits per heavy atom. The van der Waals surface area contributed by atoms with Gasteiger partial charge in [0.05, 0.1) is 27.3 Å². The average molecular weight is 531 g/mol. The van der Waals surface area contributed by atoms with Crippen molar-refractivity contribution in [3.63, 3.8) is 0 Å². The van der Waals surface area contributed by atoms with E-state index in [1.54, 1.807) is 12.3 Å². The fourth-order valence-electron chi connectivity index (χ4n) is 3.85. The van der Waals surface area contributed by atoms with Crippen molar-refractivity contribution >= 4 is 52.0 Å². The molecule has 11 heteroatoms. The number of anilines is 1. The molecule has 2 amide bonds. The Bertz CT molecular complexity index is 1510. The van der Waals surface area contributed by atoms with Crippen LogP contribution in [0, 0.1) is 18.6 Å². The highest BCUT2D eigenvalue weighted by atomic mass is 35.5. The second kappa shape index (κ2) is 8.99. The van der Waals surface area contributed by atoms with Crippen LogP contribution in [0.3, 0.4) is 0 Å². The minimum absolute atomic E-state index is 0.0200. The molecule has 0 bridgehead atoms. The molecular weight excluding hydrogens is 517 g/mol. The molecule has 1 aliphatic rings. The zero-order chi connectivity index (χ0) is 24.9. The first-order valence-electron chi connectivity index (χ1n) is 10.2. The summed E-state index contributed by atoms with van der Waals surface area (Å²) < 4.78 is 27.9. The Kier molecular flexibility index (Phi) is 6.00. The summed E-state index contributed by atoms with van der Waals surface area (Å²) in [4.78, 5) is 35.4. The zero-order valence-electron chi connectivity index (χ0n) is 17.8. The van der Waals surface area contributed by atoms with Crippen LogP contribution in [-0.4, -0.2) is 21.8 Å². The van der Waals surface area contributed by atoms with Crippen LogP contribution < -0.4 is 10.6 Å². The van der Waals surface area contributed by atoms with Gasteiger partial charge >= 0.3 is 0 Å². The molecule has 0 radical (unpaired) electrons. The van der Waals surface area contributed by atoms with Crippen LogP contribution in [0.25, 0.3) is 10.6 Å². The Balaban J connectivity index is 1.67. The lowest BCUT2D eigenvalue weighted by molar-refractivity contribution is 0.0955. The van der Waals surface area contributed by atoms with Crippen molar-refractivity contribution in [1.29, 1.82) is 0 Å². The minimum Gasteiger partial charge on any atom is -0.340 e. The fraction of sp³-hybridized carbons (Fsp3) is 0.0833. The number of pyridine rings is 1. The molecule has 1 atom stereocenters. The largest absolute Gasteiger partial charge is 0.340 e. The summed E-state index contributed by atoms with van der Waals surface area (Å²) in [5.74, 6) is -2.39. The minimum atomic E-state index is -0.878. The number of halogens is 4. The molecule has 35 heavy (non-hydrogen) atoms. The fourth-order valence-corrected chi connectivity index (χ4v) is 5.04. The van der Waals surface area contributed by atoms with Crippen LogP contribution in [0.1, 0.15) is 43.0 Å². The summed E-state index contributed by atoms with van der Waals surface area (Å²) >= 11 is 13.6. The van der Waals surface area contributed by atoms with Gasteiger partial charge in [0.15, 0.2) is 0 Å². The third-order valence-electron chi connectivity index (χ3n) is 5.35. The number of carbonyl (C=O) groups is 2. The van der Waals surface area contributed by atoms with Gasteiger partial charge in [-0.1, -0.05) is 23.2 Å². The maximum atomic E-state index is 14.1. The second-order valence-corrected chi connectivity index (χ2v) is 9.82. The van der Waals surface area contributed by atoms with Gasteiger partial charge in [0, 0.05) is 32.9 Å². The summed E-state index contributed by atoms with van der Waals surface area (Å²) in [6.07, 6.45) is 1.61. The van der Waals surface area contributed by atoms with E-state index in [1.807, 2.05) is 6.92 Å². The molecule has 0 saturated heterocycles. The van der Waals surface area contributed by atoms with Gasteiger partial charge in [-0.3, -0.25) is 9.59 Å². The lowest BCUT2D eigenvalue weighted by Gasteiger charge is -2.18. The maximum Gasteiger partial charge on any atom is 0.271 e. The summed E-state index contributed by atoms with van der Waals surface area (Å²) in [5, 5.41) is 6.56. The molecule has 3 heterocycles. The second-order valence-electron chi connectivity index (χ2n) is 7.75. The molecule has 6 nitrogen and oxygen atoms in total. The molecular formula is C24H14Cl2F2N4O2S. The summed E-state index contributed by atoms with van der Waals surface area (Å²) in [5.41, 5.74) is 1.27. The van der Waals surface area contributed by atoms with Crippen molar-refractivity contribution in [1.82, 2.24) is 15.3 Å². The van der Waals surface area contributed by atoms with Crippen molar-refractivity contribution < 1.29 is 18.4 Å². The number of hydrogen-bond donors (Lipinski definition) is 2. The van der Waals surface area contributed by atoms with E-state index in [0.717, 1.165) is 17.1 Å². The van der Waals surface area contributed by atoms with Gasteiger partial charge in [-0.25, -0.2) is 18.7 Å². The predicted octanol–water partition coefficient (Wildman–Crippen LogP) is 6.18. The van der Waals surface area contributed by atoms with Crippen LogP contribution in [0.15, 0.2) is 48.7 Å². The van der Waals surface area contributed by atoms with Crippen LogP contribution in [0.5, 0.6) is 0 Å². The van der Waals surface area contributed by atoms with E-state index in [2.05, 4.69) is 20.6 Å². The molecule has 176 valence electrons. The van der Waals surface area contributed by atoms with E-state index in [0.29, 0.717) is 21.7 Å². The maximum absolute atomic E-state index is 14.1. The number of nitrogens with one attached hydrogen (secondary N) is 2. The Morgan fingerprint density at radius 3 is 2.63 bits per heavy atom. The number of aromatic nitrogens is 2. The van der Waals surface area contributed by atoms with E-state index in [1.165, 1.54) is 35.6 Å². The van der Waals surface area contributed by atoms with E-state index in [4.69, 9.17) is 23.2 Å². The van der Waals surface area contributed by atoms with E-state index < -0.39 is 29.5 Å². The highest BCUT2D eigenvalue weighted by Crippen LogP contribution is 2.41. The Hall–Kier alpha value is -3.40. The van der Waals surface area contributed by atoms with Crippen LogP contribution in [0.2, 0.25) is 10.0 Å². The standard InChI is InChI=1S/C24H14Cl2F2N4O2S/c1-10-29-9-19(35-10)17-8-18(31-23(33)11-4-12(25)6-14(28)5-11)20-21(32-24(34)22(20)30-17)15-7-13(27)2-3-16(15)26/h2-9,21H,1H3,(H,32,34)(H,30,31,33). The molecule has 5 rings (SSSR count). The number of carbonyl (C=O) groups excluding carboxylic acids is 2. The predicted molar refractivity (Wildman–Crippen MR) is 130 cm³/mol. The van der Waals surface area contributed by atoms with Crippen molar-refractivity contribution in [2.75, 3.05) is 5.32 Å². The SMILES string of the molecule is Cc1ncc(-c2cc(NC(=O)c3cc(F)cc(Cl)c3)c3c(n2)C(=O)NC3c2cc(F)ccc2Cl)s1. The molecule has 2 aromatic heterocycles. The highest BCUT2D eigenvalue weighted by Gasteiger charge is 2.36. The van der Waals surface area contributed by atoms with Gasteiger partial charge in [-0.2, -0.15) is 0 Å². The van der Waals surface area contributed by atoms with Gasteiger partial charge < -0.3 is 10.6 Å².